The van der Waals surface area contributed by atoms with Crippen molar-refractivity contribution in [1.82, 2.24) is 4.98 Å². The molecule has 0 saturated carbocycles. The summed E-state index contributed by atoms with van der Waals surface area (Å²) in [6.07, 6.45) is 1.72. The van der Waals surface area contributed by atoms with Crippen LogP contribution in [0.4, 0.5) is 11.4 Å². The summed E-state index contributed by atoms with van der Waals surface area (Å²) in [5.74, 6) is -0.240. The van der Waals surface area contributed by atoms with Crippen molar-refractivity contribution in [2.24, 2.45) is 0 Å². The molecule has 1 aromatic carbocycles. The van der Waals surface area contributed by atoms with Gasteiger partial charge in [0, 0.05) is 23.8 Å². The number of nitrogens with zero attached hydrogens (tertiary/aromatic N) is 2. The number of benzene rings is 1. The smallest absolute Gasteiger partial charge is 0.274 e. The Morgan fingerprint density at radius 2 is 1.86 bits per heavy atom. The maximum atomic E-state index is 12.1. The number of amides is 1. The molecule has 2 heterocycles. The number of ether oxygens (including phenoxy) is 1. The van der Waals surface area contributed by atoms with Crippen molar-refractivity contribution in [3.05, 3.63) is 53.3 Å². The average molecular weight is 318 g/mol. The zero-order valence-corrected chi connectivity index (χ0v) is 12.7. The lowest BCUT2D eigenvalue weighted by molar-refractivity contribution is 0.102. The van der Waals surface area contributed by atoms with Crippen molar-refractivity contribution in [2.45, 2.75) is 0 Å². The van der Waals surface area contributed by atoms with E-state index in [1.807, 2.05) is 6.07 Å². The van der Waals surface area contributed by atoms with Crippen molar-refractivity contribution in [2.75, 3.05) is 36.5 Å². The van der Waals surface area contributed by atoms with Crippen LogP contribution in [-0.2, 0) is 4.74 Å². The monoisotopic (exact) mass is 317 g/mol. The minimum atomic E-state index is -0.240. The van der Waals surface area contributed by atoms with E-state index < -0.39 is 0 Å². The molecule has 6 heteroatoms. The molecule has 0 radical (unpaired) electrons. The van der Waals surface area contributed by atoms with Crippen LogP contribution in [0.25, 0.3) is 0 Å². The number of halogens is 1. The van der Waals surface area contributed by atoms with Crippen LogP contribution in [-0.4, -0.2) is 37.2 Å². The highest BCUT2D eigenvalue weighted by atomic mass is 35.5. The number of rotatable bonds is 3. The SMILES string of the molecule is O=C(Nc1ccc(Cl)cc1)c1ccc(N2CCOCC2)cn1. The van der Waals surface area contributed by atoms with E-state index in [2.05, 4.69) is 15.2 Å². The standard InChI is InChI=1S/C16H16ClN3O2/c17-12-1-3-13(4-2-12)19-16(21)15-6-5-14(11-18-15)20-7-9-22-10-8-20/h1-6,11H,7-10H2,(H,19,21). The van der Waals surface area contributed by atoms with Crippen molar-refractivity contribution >= 4 is 28.9 Å². The lowest BCUT2D eigenvalue weighted by atomic mass is 10.2. The Labute approximate surface area is 133 Å². The molecule has 0 aliphatic carbocycles. The molecule has 2 aromatic rings. The first kappa shape index (κ1) is 14.8. The summed E-state index contributed by atoms with van der Waals surface area (Å²) >= 11 is 5.82. The van der Waals surface area contributed by atoms with E-state index >= 15 is 0 Å². The fourth-order valence-corrected chi connectivity index (χ4v) is 2.38. The van der Waals surface area contributed by atoms with Crippen LogP contribution in [0.3, 0.4) is 0 Å². The quantitative estimate of drug-likeness (QED) is 0.946. The van der Waals surface area contributed by atoms with E-state index in [4.69, 9.17) is 16.3 Å². The minimum Gasteiger partial charge on any atom is -0.378 e. The van der Waals surface area contributed by atoms with Crippen LogP contribution in [0.2, 0.25) is 5.02 Å². The van der Waals surface area contributed by atoms with Gasteiger partial charge in [0.15, 0.2) is 0 Å². The van der Waals surface area contributed by atoms with E-state index in [-0.39, 0.29) is 5.91 Å². The Kier molecular flexibility index (Phi) is 4.56. The van der Waals surface area contributed by atoms with Crippen LogP contribution in [0.5, 0.6) is 0 Å². The van der Waals surface area contributed by atoms with Gasteiger partial charge in [0.1, 0.15) is 5.69 Å². The van der Waals surface area contributed by atoms with Crippen LogP contribution >= 0.6 is 11.6 Å². The second kappa shape index (κ2) is 6.77. The lowest BCUT2D eigenvalue weighted by Gasteiger charge is -2.28. The summed E-state index contributed by atoms with van der Waals surface area (Å²) in [4.78, 5) is 18.6. The van der Waals surface area contributed by atoms with Crippen LogP contribution in [0.15, 0.2) is 42.6 Å². The molecule has 0 atom stereocenters. The third-order valence-corrected chi connectivity index (χ3v) is 3.71. The normalized spacial score (nSPS) is 14.7. The van der Waals surface area contributed by atoms with Gasteiger partial charge in [-0.05, 0) is 36.4 Å². The predicted octanol–water partition coefficient (Wildman–Crippen LogP) is 2.82. The Bertz CT molecular complexity index is 637. The van der Waals surface area contributed by atoms with E-state index in [1.54, 1.807) is 36.5 Å². The molecule has 0 bridgehead atoms. The Morgan fingerprint density at radius 1 is 1.14 bits per heavy atom. The Morgan fingerprint density at radius 3 is 2.50 bits per heavy atom. The largest absolute Gasteiger partial charge is 0.378 e. The first-order chi connectivity index (χ1) is 10.7. The number of carbonyl (C=O) groups is 1. The lowest BCUT2D eigenvalue weighted by Crippen LogP contribution is -2.36. The summed E-state index contributed by atoms with van der Waals surface area (Å²) in [5.41, 5.74) is 2.08. The fourth-order valence-electron chi connectivity index (χ4n) is 2.26. The van der Waals surface area contributed by atoms with E-state index in [0.29, 0.717) is 16.4 Å². The number of carbonyl (C=O) groups excluding carboxylic acids is 1. The molecule has 3 rings (SSSR count). The highest BCUT2D eigenvalue weighted by molar-refractivity contribution is 6.30. The van der Waals surface area contributed by atoms with Crippen molar-refractivity contribution in [3.63, 3.8) is 0 Å². The molecule has 1 aliphatic heterocycles. The van der Waals surface area contributed by atoms with Gasteiger partial charge < -0.3 is 15.0 Å². The molecule has 1 saturated heterocycles. The Hall–Kier alpha value is -2.11. The van der Waals surface area contributed by atoms with Gasteiger partial charge >= 0.3 is 0 Å². The van der Waals surface area contributed by atoms with Crippen LogP contribution in [0.1, 0.15) is 10.5 Å². The minimum absolute atomic E-state index is 0.240. The molecule has 0 spiro atoms. The van der Waals surface area contributed by atoms with Gasteiger partial charge in [0.2, 0.25) is 0 Å². The number of aromatic nitrogens is 1. The molecule has 22 heavy (non-hydrogen) atoms. The number of nitrogens with one attached hydrogen (secondary N) is 1. The number of hydrogen-bond acceptors (Lipinski definition) is 4. The van der Waals surface area contributed by atoms with Crippen LogP contribution in [0, 0.1) is 0 Å². The topological polar surface area (TPSA) is 54.5 Å². The first-order valence-corrected chi connectivity index (χ1v) is 7.46. The molecule has 1 aromatic heterocycles. The van der Waals surface area contributed by atoms with Crippen molar-refractivity contribution in [3.8, 4) is 0 Å². The molecule has 1 amide bonds. The van der Waals surface area contributed by atoms with E-state index in [1.165, 1.54) is 0 Å². The third kappa shape index (κ3) is 3.55. The molecular formula is C16H16ClN3O2. The van der Waals surface area contributed by atoms with Crippen molar-refractivity contribution < 1.29 is 9.53 Å². The summed E-state index contributed by atoms with van der Waals surface area (Å²) in [7, 11) is 0. The number of anilines is 2. The van der Waals surface area contributed by atoms with Crippen LogP contribution < -0.4 is 10.2 Å². The second-order valence-corrected chi connectivity index (χ2v) is 5.40. The molecule has 114 valence electrons. The van der Waals surface area contributed by atoms with Gasteiger partial charge in [-0.1, -0.05) is 11.6 Å². The highest BCUT2D eigenvalue weighted by Crippen LogP contribution is 2.16. The summed E-state index contributed by atoms with van der Waals surface area (Å²) in [6.45, 7) is 3.13. The Balaban J connectivity index is 1.66. The number of pyridine rings is 1. The van der Waals surface area contributed by atoms with Gasteiger partial charge in [0.25, 0.3) is 5.91 Å². The molecule has 5 nitrogen and oxygen atoms in total. The zero-order valence-electron chi connectivity index (χ0n) is 12.0. The van der Waals surface area contributed by atoms with Gasteiger partial charge in [-0.15, -0.1) is 0 Å². The highest BCUT2D eigenvalue weighted by Gasteiger charge is 2.13. The zero-order chi connectivity index (χ0) is 15.4. The molecular weight excluding hydrogens is 302 g/mol. The summed E-state index contributed by atoms with van der Waals surface area (Å²) < 4.78 is 5.32. The molecule has 1 aliphatic rings. The van der Waals surface area contributed by atoms with Gasteiger partial charge in [-0.2, -0.15) is 0 Å². The maximum absolute atomic E-state index is 12.1. The number of morpholine rings is 1. The fraction of sp³-hybridized carbons (Fsp3) is 0.250. The van der Waals surface area contributed by atoms with Crippen molar-refractivity contribution in [1.29, 1.82) is 0 Å². The second-order valence-electron chi connectivity index (χ2n) is 4.96. The maximum Gasteiger partial charge on any atom is 0.274 e. The molecule has 1 N–H and O–H groups in total. The van der Waals surface area contributed by atoms with E-state index in [0.717, 1.165) is 32.0 Å². The first-order valence-electron chi connectivity index (χ1n) is 7.08. The average Bonchev–Trinajstić information content (AvgIpc) is 2.58. The number of hydrogen-bond donors (Lipinski definition) is 1. The summed E-state index contributed by atoms with van der Waals surface area (Å²) in [5, 5.41) is 3.42. The molecule has 1 fully saturated rings. The summed E-state index contributed by atoms with van der Waals surface area (Å²) in [6, 6.07) is 10.6. The molecule has 0 unspecified atom stereocenters. The third-order valence-electron chi connectivity index (χ3n) is 3.46. The predicted molar refractivity (Wildman–Crippen MR) is 86.7 cm³/mol. The van der Waals surface area contributed by atoms with Gasteiger partial charge in [0.05, 0.1) is 25.1 Å². The van der Waals surface area contributed by atoms with E-state index in [9.17, 15) is 4.79 Å². The van der Waals surface area contributed by atoms with Gasteiger partial charge in [-0.3, -0.25) is 4.79 Å². The van der Waals surface area contributed by atoms with Gasteiger partial charge in [-0.25, -0.2) is 4.98 Å².